The summed E-state index contributed by atoms with van der Waals surface area (Å²) in [6, 6.07) is 11.0. The molecular weight excluding hydrogens is 307 g/mol. The summed E-state index contributed by atoms with van der Waals surface area (Å²) >= 11 is 12.1. The number of rotatable bonds is 2. The standard InChI is InChI=1S/C16H14Cl2N2O/c1-9(2)20-14-8-11(17)4-5-13(14)19-16(20)10-3-6-15(21)12(18)7-10/h3-9,21H,1-2H3. The molecule has 0 radical (unpaired) electrons. The quantitative estimate of drug-likeness (QED) is 0.696. The minimum absolute atomic E-state index is 0.0654. The van der Waals surface area contributed by atoms with Gasteiger partial charge >= 0.3 is 0 Å². The Morgan fingerprint density at radius 2 is 1.86 bits per heavy atom. The molecule has 5 heteroatoms. The van der Waals surface area contributed by atoms with Crippen molar-refractivity contribution in [2.45, 2.75) is 19.9 Å². The second kappa shape index (κ2) is 5.24. The number of hydrogen-bond donors (Lipinski definition) is 1. The van der Waals surface area contributed by atoms with Crippen molar-refractivity contribution < 1.29 is 5.11 Å². The number of fused-ring (bicyclic) bond motifs is 1. The molecule has 1 N–H and O–H groups in total. The Labute approximate surface area is 132 Å². The molecule has 0 aliphatic rings. The summed E-state index contributed by atoms with van der Waals surface area (Å²) in [7, 11) is 0. The maximum atomic E-state index is 9.57. The van der Waals surface area contributed by atoms with E-state index in [0.29, 0.717) is 10.0 Å². The molecule has 0 saturated heterocycles. The Morgan fingerprint density at radius 1 is 1.10 bits per heavy atom. The Bertz CT molecular complexity index is 825. The predicted molar refractivity (Wildman–Crippen MR) is 87.2 cm³/mol. The summed E-state index contributed by atoms with van der Waals surface area (Å²) in [6.07, 6.45) is 0. The van der Waals surface area contributed by atoms with Crippen LogP contribution in [0.3, 0.4) is 0 Å². The van der Waals surface area contributed by atoms with Crippen molar-refractivity contribution in [3.05, 3.63) is 46.4 Å². The Kier molecular flexibility index (Phi) is 3.56. The SMILES string of the molecule is CC(C)n1c(-c2ccc(O)c(Cl)c2)nc2ccc(Cl)cc21. The molecule has 1 heterocycles. The topological polar surface area (TPSA) is 38.0 Å². The molecule has 0 aliphatic carbocycles. The average Bonchev–Trinajstić information content (AvgIpc) is 2.80. The maximum Gasteiger partial charge on any atom is 0.141 e. The van der Waals surface area contributed by atoms with E-state index in [9.17, 15) is 5.11 Å². The number of nitrogens with zero attached hydrogens (tertiary/aromatic N) is 2. The van der Waals surface area contributed by atoms with Gasteiger partial charge in [0.15, 0.2) is 0 Å². The maximum absolute atomic E-state index is 9.57. The number of halogens is 2. The van der Waals surface area contributed by atoms with Gasteiger partial charge < -0.3 is 9.67 Å². The van der Waals surface area contributed by atoms with Crippen molar-refractivity contribution in [2.24, 2.45) is 0 Å². The summed E-state index contributed by atoms with van der Waals surface area (Å²) in [5.74, 6) is 0.875. The molecule has 3 rings (SSSR count). The molecule has 2 aromatic carbocycles. The zero-order valence-electron chi connectivity index (χ0n) is 11.6. The van der Waals surface area contributed by atoms with Gasteiger partial charge in [0.2, 0.25) is 0 Å². The summed E-state index contributed by atoms with van der Waals surface area (Å²) in [6.45, 7) is 4.18. The number of phenols is 1. The van der Waals surface area contributed by atoms with Gasteiger partial charge in [0.05, 0.1) is 16.1 Å². The highest BCUT2D eigenvalue weighted by Gasteiger charge is 2.16. The minimum atomic E-state index is 0.0654. The predicted octanol–water partition coefficient (Wildman–Crippen LogP) is 5.30. The van der Waals surface area contributed by atoms with Crippen molar-refractivity contribution in [1.82, 2.24) is 9.55 Å². The smallest absolute Gasteiger partial charge is 0.141 e. The molecular formula is C16H14Cl2N2O. The van der Waals surface area contributed by atoms with E-state index in [0.717, 1.165) is 22.4 Å². The normalized spacial score (nSPS) is 11.5. The first kappa shape index (κ1) is 14.2. The van der Waals surface area contributed by atoms with Crippen molar-refractivity contribution >= 4 is 34.2 Å². The molecule has 0 atom stereocenters. The number of imidazole rings is 1. The van der Waals surface area contributed by atoms with Gasteiger partial charge in [0.25, 0.3) is 0 Å². The van der Waals surface area contributed by atoms with Crippen molar-refractivity contribution in [3.63, 3.8) is 0 Å². The molecule has 0 aliphatic heterocycles. The van der Waals surface area contributed by atoms with E-state index in [1.807, 2.05) is 24.3 Å². The molecule has 3 aromatic rings. The number of phenolic OH excluding ortho intramolecular Hbond substituents is 1. The van der Waals surface area contributed by atoms with Crippen molar-refractivity contribution in [3.8, 4) is 17.1 Å². The number of hydrogen-bond acceptors (Lipinski definition) is 2. The van der Waals surface area contributed by atoms with Gasteiger partial charge in [-0.2, -0.15) is 0 Å². The van der Waals surface area contributed by atoms with Crippen LogP contribution in [-0.4, -0.2) is 14.7 Å². The Balaban J connectivity index is 2.30. The molecule has 108 valence electrons. The monoisotopic (exact) mass is 320 g/mol. The van der Waals surface area contributed by atoms with E-state index in [4.69, 9.17) is 23.2 Å². The number of aromatic nitrogens is 2. The van der Waals surface area contributed by atoms with Crippen LogP contribution in [0.2, 0.25) is 10.0 Å². The first-order chi connectivity index (χ1) is 9.97. The van der Waals surface area contributed by atoms with Gasteiger partial charge in [-0.1, -0.05) is 23.2 Å². The van der Waals surface area contributed by atoms with Crippen LogP contribution >= 0.6 is 23.2 Å². The highest BCUT2D eigenvalue weighted by Crippen LogP contribution is 2.33. The van der Waals surface area contributed by atoms with Crippen molar-refractivity contribution in [2.75, 3.05) is 0 Å². The molecule has 0 fully saturated rings. The highest BCUT2D eigenvalue weighted by molar-refractivity contribution is 6.32. The fraction of sp³-hybridized carbons (Fsp3) is 0.188. The lowest BCUT2D eigenvalue weighted by Crippen LogP contribution is -2.03. The van der Waals surface area contributed by atoms with E-state index in [-0.39, 0.29) is 11.8 Å². The van der Waals surface area contributed by atoms with Crippen LogP contribution in [0.1, 0.15) is 19.9 Å². The van der Waals surface area contributed by atoms with E-state index in [2.05, 4.69) is 23.4 Å². The summed E-state index contributed by atoms with van der Waals surface area (Å²) in [5.41, 5.74) is 2.72. The lowest BCUT2D eigenvalue weighted by molar-refractivity contribution is 0.475. The van der Waals surface area contributed by atoms with Crippen LogP contribution in [-0.2, 0) is 0 Å². The zero-order chi connectivity index (χ0) is 15.1. The van der Waals surface area contributed by atoms with Crippen LogP contribution < -0.4 is 0 Å². The van der Waals surface area contributed by atoms with Crippen molar-refractivity contribution in [1.29, 1.82) is 0 Å². The van der Waals surface area contributed by atoms with Gasteiger partial charge in [0, 0.05) is 16.6 Å². The molecule has 0 spiro atoms. The van der Waals surface area contributed by atoms with Gasteiger partial charge in [-0.3, -0.25) is 0 Å². The van der Waals surface area contributed by atoms with Crippen LogP contribution in [0, 0.1) is 0 Å². The zero-order valence-corrected chi connectivity index (χ0v) is 13.2. The molecule has 0 amide bonds. The first-order valence-corrected chi connectivity index (χ1v) is 7.39. The van der Waals surface area contributed by atoms with Gasteiger partial charge in [-0.15, -0.1) is 0 Å². The second-order valence-corrected chi connectivity index (χ2v) is 6.04. The Hall–Kier alpha value is -1.71. The summed E-state index contributed by atoms with van der Waals surface area (Å²) < 4.78 is 2.12. The molecule has 3 nitrogen and oxygen atoms in total. The third-order valence-corrected chi connectivity index (χ3v) is 3.91. The van der Waals surface area contributed by atoms with E-state index >= 15 is 0 Å². The van der Waals surface area contributed by atoms with Gasteiger partial charge in [-0.05, 0) is 50.2 Å². The molecule has 0 bridgehead atoms. The third-order valence-electron chi connectivity index (χ3n) is 3.37. The second-order valence-electron chi connectivity index (χ2n) is 5.20. The van der Waals surface area contributed by atoms with E-state index in [1.165, 1.54) is 0 Å². The third kappa shape index (κ3) is 2.47. The molecule has 0 unspecified atom stereocenters. The lowest BCUT2D eigenvalue weighted by atomic mass is 10.2. The van der Waals surface area contributed by atoms with Crippen LogP contribution in [0.4, 0.5) is 0 Å². The van der Waals surface area contributed by atoms with E-state index < -0.39 is 0 Å². The molecule has 21 heavy (non-hydrogen) atoms. The van der Waals surface area contributed by atoms with Crippen LogP contribution in [0.25, 0.3) is 22.4 Å². The molecule has 1 aromatic heterocycles. The Morgan fingerprint density at radius 3 is 2.52 bits per heavy atom. The highest BCUT2D eigenvalue weighted by atomic mass is 35.5. The van der Waals surface area contributed by atoms with Crippen LogP contribution in [0.5, 0.6) is 5.75 Å². The lowest BCUT2D eigenvalue weighted by Gasteiger charge is -2.13. The van der Waals surface area contributed by atoms with E-state index in [1.54, 1.807) is 12.1 Å². The first-order valence-electron chi connectivity index (χ1n) is 6.63. The van der Waals surface area contributed by atoms with Crippen LogP contribution in [0.15, 0.2) is 36.4 Å². The minimum Gasteiger partial charge on any atom is -0.506 e. The number of benzene rings is 2. The fourth-order valence-corrected chi connectivity index (χ4v) is 2.79. The number of aromatic hydroxyl groups is 1. The summed E-state index contributed by atoms with van der Waals surface area (Å²) in [4.78, 5) is 4.68. The largest absolute Gasteiger partial charge is 0.506 e. The van der Waals surface area contributed by atoms with Gasteiger partial charge in [0.1, 0.15) is 11.6 Å². The average molecular weight is 321 g/mol. The van der Waals surface area contributed by atoms with Gasteiger partial charge in [-0.25, -0.2) is 4.98 Å². The summed E-state index contributed by atoms with van der Waals surface area (Å²) in [5, 5.41) is 10.6. The fourth-order valence-electron chi connectivity index (χ4n) is 2.44. The molecule has 0 saturated carbocycles.